The lowest BCUT2D eigenvalue weighted by atomic mass is 9.75. The highest BCUT2D eigenvalue weighted by molar-refractivity contribution is 5.90. The molecule has 3 aliphatic rings. The molecule has 1 atom stereocenters. The number of nitrogens with zero attached hydrogens (tertiary/aromatic N) is 1. The predicted octanol–water partition coefficient (Wildman–Crippen LogP) is 3.15. The van der Waals surface area contributed by atoms with Gasteiger partial charge in [0.05, 0.1) is 25.2 Å². The van der Waals surface area contributed by atoms with Gasteiger partial charge in [0.25, 0.3) is 0 Å². The molecular weight excluding hydrogens is 436 g/mol. The minimum atomic E-state index is -1.19. The van der Waals surface area contributed by atoms with Crippen LogP contribution in [0.4, 0.5) is 4.79 Å². The van der Waals surface area contributed by atoms with Crippen LogP contribution >= 0.6 is 0 Å². The molecule has 34 heavy (non-hydrogen) atoms. The number of hydrogen-bond acceptors (Lipinski definition) is 5. The SMILES string of the molecule is O=C(O)CC(NC(=O)OCC1c2ccccc2-c2ccccc21)C(=O)N1CCOCC12CCC2. The van der Waals surface area contributed by atoms with Crippen LogP contribution < -0.4 is 5.32 Å². The summed E-state index contributed by atoms with van der Waals surface area (Å²) in [4.78, 5) is 39.2. The smallest absolute Gasteiger partial charge is 0.407 e. The number of fused-ring (bicyclic) bond motifs is 3. The number of hydrogen-bond donors (Lipinski definition) is 2. The maximum absolute atomic E-state index is 13.3. The van der Waals surface area contributed by atoms with Crippen molar-refractivity contribution >= 4 is 18.0 Å². The number of rotatable bonds is 6. The lowest BCUT2D eigenvalue weighted by Gasteiger charge is -2.53. The fourth-order valence-electron chi connectivity index (χ4n) is 5.42. The van der Waals surface area contributed by atoms with E-state index in [2.05, 4.69) is 17.4 Å². The number of ether oxygens (including phenoxy) is 2. The number of amides is 2. The summed E-state index contributed by atoms with van der Waals surface area (Å²) in [6.45, 7) is 1.33. The monoisotopic (exact) mass is 464 g/mol. The molecule has 8 heteroatoms. The van der Waals surface area contributed by atoms with Crippen molar-refractivity contribution in [2.75, 3.05) is 26.4 Å². The maximum Gasteiger partial charge on any atom is 0.407 e. The van der Waals surface area contributed by atoms with Gasteiger partial charge in [0, 0.05) is 12.5 Å². The van der Waals surface area contributed by atoms with Crippen molar-refractivity contribution in [3.8, 4) is 11.1 Å². The van der Waals surface area contributed by atoms with Crippen molar-refractivity contribution < 1.29 is 29.0 Å². The molecule has 1 unspecified atom stereocenters. The lowest BCUT2D eigenvalue weighted by molar-refractivity contribution is -0.162. The zero-order chi connectivity index (χ0) is 23.7. The molecular formula is C26H28N2O6. The van der Waals surface area contributed by atoms with Crippen molar-refractivity contribution in [2.24, 2.45) is 0 Å². The third kappa shape index (κ3) is 4.03. The van der Waals surface area contributed by atoms with Crippen LogP contribution in [0.3, 0.4) is 0 Å². The van der Waals surface area contributed by atoms with E-state index in [1.54, 1.807) is 4.90 Å². The average Bonchev–Trinajstić information content (AvgIpc) is 3.14. The van der Waals surface area contributed by atoms with Crippen LogP contribution in [0, 0.1) is 0 Å². The number of morpholine rings is 1. The first kappa shape index (κ1) is 22.4. The summed E-state index contributed by atoms with van der Waals surface area (Å²) in [6.07, 6.45) is 1.34. The minimum absolute atomic E-state index is 0.0926. The molecule has 1 aliphatic heterocycles. The van der Waals surface area contributed by atoms with Crippen LogP contribution in [0.15, 0.2) is 48.5 Å². The van der Waals surface area contributed by atoms with Gasteiger partial charge in [-0.05, 0) is 41.5 Å². The van der Waals surface area contributed by atoms with Gasteiger partial charge >= 0.3 is 12.1 Å². The van der Waals surface area contributed by atoms with Gasteiger partial charge in [-0.2, -0.15) is 0 Å². The fourth-order valence-corrected chi connectivity index (χ4v) is 5.42. The number of carboxylic acids is 1. The van der Waals surface area contributed by atoms with Gasteiger partial charge in [0.15, 0.2) is 0 Å². The van der Waals surface area contributed by atoms with E-state index in [4.69, 9.17) is 9.47 Å². The van der Waals surface area contributed by atoms with Crippen LogP contribution in [0.25, 0.3) is 11.1 Å². The molecule has 5 rings (SSSR count). The average molecular weight is 465 g/mol. The van der Waals surface area contributed by atoms with Crippen molar-refractivity contribution in [1.29, 1.82) is 0 Å². The molecule has 1 spiro atoms. The van der Waals surface area contributed by atoms with Gasteiger partial charge < -0.3 is 24.8 Å². The second kappa shape index (κ2) is 9.10. The van der Waals surface area contributed by atoms with E-state index in [9.17, 15) is 19.5 Å². The van der Waals surface area contributed by atoms with Crippen molar-refractivity contribution in [2.45, 2.75) is 43.2 Å². The molecule has 2 N–H and O–H groups in total. The zero-order valence-corrected chi connectivity index (χ0v) is 18.9. The first-order valence-corrected chi connectivity index (χ1v) is 11.7. The predicted molar refractivity (Wildman–Crippen MR) is 123 cm³/mol. The Hall–Kier alpha value is -3.39. The number of carbonyl (C=O) groups excluding carboxylic acids is 2. The summed E-state index contributed by atoms with van der Waals surface area (Å²) in [6, 6.07) is 14.8. The standard InChI is InChI=1S/C26H28N2O6/c29-23(30)14-22(24(31)28-12-13-33-16-26(28)10-5-11-26)27-25(32)34-15-21-19-8-3-1-6-17(19)18-7-2-4-9-20(18)21/h1-4,6-9,21-22H,5,10-16H2,(H,27,32)(H,29,30). The summed E-state index contributed by atoms with van der Waals surface area (Å²) in [7, 11) is 0. The minimum Gasteiger partial charge on any atom is -0.481 e. The van der Waals surface area contributed by atoms with Crippen molar-refractivity contribution in [3.63, 3.8) is 0 Å². The third-order valence-corrected chi connectivity index (χ3v) is 7.27. The quantitative estimate of drug-likeness (QED) is 0.681. The molecule has 2 aliphatic carbocycles. The van der Waals surface area contributed by atoms with Gasteiger partial charge in [0.1, 0.15) is 12.6 Å². The highest BCUT2D eigenvalue weighted by atomic mass is 16.5. The van der Waals surface area contributed by atoms with Crippen molar-refractivity contribution in [3.05, 3.63) is 59.7 Å². The first-order valence-electron chi connectivity index (χ1n) is 11.7. The summed E-state index contributed by atoms with van der Waals surface area (Å²) in [5.41, 5.74) is 4.01. The highest BCUT2D eigenvalue weighted by Gasteiger charge is 2.48. The van der Waals surface area contributed by atoms with Gasteiger partial charge in [-0.25, -0.2) is 4.79 Å². The normalized spacial score (nSPS) is 19.0. The van der Waals surface area contributed by atoms with E-state index in [0.717, 1.165) is 41.5 Å². The zero-order valence-electron chi connectivity index (χ0n) is 18.9. The lowest BCUT2D eigenvalue weighted by Crippen LogP contribution is -2.66. The number of carboxylic acid groups (broad SMARTS) is 1. The third-order valence-electron chi connectivity index (χ3n) is 7.27. The Bertz CT molecular complexity index is 1070. The van der Waals surface area contributed by atoms with Crippen LogP contribution in [0.5, 0.6) is 0 Å². The van der Waals surface area contributed by atoms with Gasteiger partial charge in [-0.1, -0.05) is 48.5 Å². The van der Waals surface area contributed by atoms with Gasteiger partial charge in [0.2, 0.25) is 5.91 Å². The summed E-state index contributed by atoms with van der Waals surface area (Å²) < 4.78 is 11.1. The molecule has 2 aromatic carbocycles. The molecule has 178 valence electrons. The van der Waals surface area contributed by atoms with Crippen LogP contribution in [-0.2, 0) is 19.1 Å². The number of benzene rings is 2. The molecule has 2 aromatic rings. The summed E-state index contributed by atoms with van der Waals surface area (Å²) >= 11 is 0. The van der Waals surface area contributed by atoms with E-state index in [-0.39, 0.29) is 24.0 Å². The molecule has 8 nitrogen and oxygen atoms in total. The van der Waals surface area contributed by atoms with Gasteiger partial charge in [-0.3, -0.25) is 9.59 Å². The molecule has 2 amide bonds. The Morgan fingerprint density at radius 2 is 1.74 bits per heavy atom. The molecule has 1 heterocycles. The van der Waals surface area contributed by atoms with E-state index in [0.29, 0.717) is 19.8 Å². The number of aliphatic carboxylic acids is 1. The Morgan fingerprint density at radius 1 is 1.09 bits per heavy atom. The Morgan fingerprint density at radius 3 is 2.32 bits per heavy atom. The molecule has 1 saturated carbocycles. The van der Waals surface area contributed by atoms with Crippen molar-refractivity contribution in [1.82, 2.24) is 10.2 Å². The summed E-state index contributed by atoms with van der Waals surface area (Å²) in [5, 5.41) is 11.9. The number of nitrogens with one attached hydrogen (secondary N) is 1. The molecule has 0 bridgehead atoms. The van der Waals surface area contributed by atoms with Crippen LogP contribution in [0.2, 0.25) is 0 Å². The van der Waals surface area contributed by atoms with Crippen LogP contribution in [0.1, 0.15) is 42.7 Å². The summed E-state index contributed by atoms with van der Waals surface area (Å²) in [5.74, 6) is -1.67. The van der Waals surface area contributed by atoms with E-state index < -0.39 is 24.5 Å². The fraction of sp³-hybridized carbons (Fsp3) is 0.423. The maximum atomic E-state index is 13.3. The molecule has 0 radical (unpaired) electrons. The van der Waals surface area contributed by atoms with E-state index in [1.165, 1.54) is 0 Å². The number of carbonyl (C=O) groups is 3. The molecule has 2 fully saturated rings. The Kier molecular flexibility index (Phi) is 6.00. The second-order valence-corrected chi connectivity index (χ2v) is 9.24. The largest absolute Gasteiger partial charge is 0.481 e. The number of alkyl carbamates (subject to hydrolysis) is 1. The highest BCUT2D eigenvalue weighted by Crippen LogP contribution is 2.44. The van der Waals surface area contributed by atoms with Gasteiger partial charge in [-0.15, -0.1) is 0 Å². The Labute approximate surface area is 197 Å². The molecule has 0 aromatic heterocycles. The Balaban J connectivity index is 1.28. The molecule has 1 saturated heterocycles. The van der Waals surface area contributed by atoms with E-state index >= 15 is 0 Å². The second-order valence-electron chi connectivity index (χ2n) is 9.24. The first-order chi connectivity index (χ1) is 16.5. The van der Waals surface area contributed by atoms with E-state index in [1.807, 2.05) is 36.4 Å². The van der Waals surface area contributed by atoms with Crippen LogP contribution in [-0.4, -0.2) is 65.9 Å². The topological polar surface area (TPSA) is 105 Å².